The van der Waals surface area contributed by atoms with E-state index in [1.165, 1.54) is 5.56 Å². The number of hydrogen-bond donors (Lipinski definition) is 3. The Labute approximate surface area is 155 Å². The smallest absolute Gasteiger partial charge is 0.227 e. The van der Waals surface area contributed by atoms with Crippen LogP contribution in [0.4, 0.5) is 11.4 Å². The molecule has 1 saturated heterocycles. The van der Waals surface area contributed by atoms with Gasteiger partial charge in [-0.15, -0.1) is 12.4 Å². The molecule has 5 heteroatoms. The molecule has 0 radical (unpaired) electrons. The normalized spacial score (nSPS) is 16.1. The standard InChI is InChI=1S/C20H25N3O.ClH/c1-14(17-12-21-13-17)20(24)23-19-10-8-18(9-11-19)22-15(2)16-6-4-3-5-7-16;/h3-11,14-15,17,21-22H,12-13H2,1-2H3,(H,23,24);1H. The molecule has 1 heterocycles. The highest BCUT2D eigenvalue weighted by atomic mass is 35.5. The fourth-order valence-electron chi connectivity index (χ4n) is 2.86. The summed E-state index contributed by atoms with van der Waals surface area (Å²) in [4.78, 5) is 12.2. The fraction of sp³-hybridized carbons (Fsp3) is 0.350. The predicted molar refractivity (Wildman–Crippen MR) is 106 cm³/mol. The molecule has 1 aliphatic rings. The first-order chi connectivity index (χ1) is 11.6. The Hall–Kier alpha value is -2.04. The van der Waals surface area contributed by atoms with Crippen LogP contribution in [0.15, 0.2) is 54.6 Å². The van der Waals surface area contributed by atoms with Crippen LogP contribution in [0.2, 0.25) is 0 Å². The van der Waals surface area contributed by atoms with E-state index >= 15 is 0 Å². The summed E-state index contributed by atoms with van der Waals surface area (Å²) >= 11 is 0. The minimum atomic E-state index is 0. The quantitative estimate of drug-likeness (QED) is 0.728. The van der Waals surface area contributed by atoms with E-state index < -0.39 is 0 Å². The summed E-state index contributed by atoms with van der Waals surface area (Å²) in [6, 6.07) is 18.5. The van der Waals surface area contributed by atoms with Crippen molar-refractivity contribution in [1.29, 1.82) is 0 Å². The lowest BCUT2D eigenvalue weighted by Gasteiger charge is -2.31. The SMILES string of the molecule is CC(Nc1ccc(NC(=O)C(C)C2CNC2)cc1)c1ccccc1.Cl. The molecule has 2 aromatic rings. The van der Waals surface area contributed by atoms with Crippen molar-refractivity contribution in [3.63, 3.8) is 0 Å². The van der Waals surface area contributed by atoms with Crippen LogP contribution < -0.4 is 16.0 Å². The van der Waals surface area contributed by atoms with Crippen LogP contribution in [0.5, 0.6) is 0 Å². The van der Waals surface area contributed by atoms with Crippen molar-refractivity contribution >= 4 is 29.7 Å². The third kappa shape index (κ3) is 4.97. The second-order valence-electron chi connectivity index (χ2n) is 6.55. The topological polar surface area (TPSA) is 53.2 Å². The summed E-state index contributed by atoms with van der Waals surface area (Å²) in [6.45, 7) is 6.02. The molecule has 25 heavy (non-hydrogen) atoms. The van der Waals surface area contributed by atoms with Gasteiger partial charge in [-0.2, -0.15) is 0 Å². The van der Waals surface area contributed by atoms with Crippen molar-refractivity contribution in [2.24, 2.45) is 11.8 Å². The summed E-state index contributed by atoms with van der Waals surface area (Å²) in [7, 11) is 0. The van der Waals surface area contributed by atoms with Gasteiger partial charge in [-0.25, -0.2) is 0 Å². The first-order valence-electron chi connectivity index (χ1n) is 8.56. The second-order valence-corrected chi connectivity index (χ2v) is 6.55. The van der Waals surface area contributed by atoms with Crippen LogP contribution in [0, 0.1) is 11.8 Å². The van der Waals surface area contributed by atoms with E-state index in [2.05, 4.69) is 35.0 Å². The third-order valence-electron chi connectivity index (χ3n) is 4.77. The average Bonchev–Trinajstić information content (AvgIpc) is 2.55. The molecule has 3 rings (SSSR count). The number of carbonyl (C=O) groups excluding carboxylic acids is 1. The summed E-state index contributed by atoms with van der Waals surface area (Å²) in [5, 5.41) is 9.70. The highest BCUT2D eigenvalue weighted by Gasteiger charge is 2.28. The monoisotopic (exact) mass is 359 g/mol. The minimum absolute atomic E-state index is 0. The summed E-state index contributed by atoms with van der Waals surface area (Å²) in [5.41, 5.74) is 3.13. The van der Waals surface area contributed by atoms with Gasteiger partial charge in [0.2, 0.25) is 5.91 Å². The van der Waals surface area contributed by atoms with Gasteiger partial charge < -0.3 is 16.0 Å². The molecule has 0 spiro atoms. The van der Waals surface area contributed by atoms with Crippen molar-refractivity contribution in [3.05, 3.63) is 60.2 Å². The van der Waals surface area contributed by atoms with E-state index in [0.29, 0.717) is 5.92 Å². The van der Waals surface area contributed by atoms with Gasteiger partial charge in [-0.3, -0.25) is 4.79 Å². The second kappa shape index (κ2) is 8.88. The van der Waals surface area contributed by atoms with Crippen LogP contribution in [-0.4, -0.2) is 19.0 Å². The number of nitrogens with one attached hydrogen (secondary N) is 3. The van der Waals surface area contributed by atoms with Crippen LogP contribution in [0.1, 0.15) is 25.5 Å². The molecule has 1 aliphatic heterocycles. The van der Waals surface area contributed by atoms with Gasteiger partial charge >= 0.3 is 0 Å². The first-order valence-corrected chi connectivity index (χ1v) is 8.56. The third-order valence-corrected chi connectivity index (χ3v) is 4.77. The molecular weight excluding hydrogens is 334 g/mol. The van der Waals surface area contributed by atoms with Crippen molar-refractivity contribution < 1.29 is 4.79 Å². The maximum absolute atomic E-state index is 12.2. The zero-order valence-corrected chi connectivity index (χ0v) is 15.5. The Morgan fingerprint density at radius 2 is 1.60 bits per heavy atom. The lowest BCUT2D eigenvalue weighted by Crippen LogP contribution is -2.48. The number of benzene rings is 2. The molecule has 0 saturated carbocycles. The molecule has 2 unspecified atom stereocenters. The number of carbonyl (C=O) groups is 1. The van der Waals surface area contributed by atoms with Gasteiger partial charge in [0.1, 0.15) is 0 Å². The lowest BCUT2D eigenvalue weighted by molar-refractivity contribution is -0.121. The molecule has 0 aromatic heterocycles. The van der Waals surface area contributed by atoms with E-state index in [9.17, 15) is 4.79 Å². The fourth-order valence-corrected chi connectivity index (χ4v) is 2.86. The van der Waals surface area contributed by atoms with Gasteiger partial charge in [0, 0.05) is 23.3 Å². The van der Waals surface area contributed by atoms with Gasteiger partial charge in [0.15, 0.2) is 0 Å². The van der Waals surface area contributed by atoms with Gasteiger partial charge in [-0.1, -0.05) is 37.3 Å². The molecule has 2 aromatic carbocycles. The van der Waals surface area contributed by atoms with E-state index in [1.807, 2.05) is 49.4 Å². The average molecular weight is 360 g/mol. The Morgan fingerprint density at radius 3 is 2.16 bits per heavy atom. The van der Waals surface area contributed by atoms with Gasteiger partial charge in [0.05, 0.1) is 0 Å². The van der Waals surface area contributed by atoms with Crippen molar-refractivity contribution in [1.82, 2.24) is 5.32 Å². The zero-order valence-electron chi connectivity index (χ0n) is 14.7. The molecular formula is C20H26ClN3O. The molecule has 0 bridgehead atoms. The van der Waals surface area contributed by atoms with Crippen LogP contribution in [-0.2, 0) is 4.79 Å². The van der Waals surface area contributed by atoms with E-state index in [4.69, 9.17) is 0 Å². The molecule has 2 atom stereocenters. The van der Waals surface area contributed by atoms with E-state index in [-0.39, 0.29) is 30.3 Å². The minimum Gasteiger partial charge on any atom is -0.379 e. The largest absolute Gasteiger partial charge is 0.379 e. The van der Waals surface area contributed by atoms with Crippen LogP contribution >= 0.6 is 12.4 Å². The molecule has 0 aliphatic carbocycles. The van der Waals surface area contributed by atoms with Crippen LogP contribution in [0.3, 0.4) is 0 Å². The number of hydrogen-bond acceptors (Lipinski definition) is 3. The summed E-state index contributed by atoms with van der Waals surface area (Å²) in [6.07, 6.45) is 0. The Balaban J connectivity index is 0.00000225. The van der Waals surface area contributed by atoms with Crippen molar-refractivity contribution in [2.45, 2.75) is 19.9 Å². The molecule has 4 nitrogen and oxygen atoms in total. The molecule has 3 N–H and O–H groups in total. The number of amides is 1. The van der Waals surface area contributed by atoms with Crippen LogP contribution in [0.25, 0.3) is 0 Å². The lowest BCUT2D eigenvalue weighted by atomic mass is 9.88. The predicted octanol–water partition coefficient (Wildman–Crippen LogP) is 4.08. The summed E-state index contributed by atoms with van der Waals surface area (Å²) < 4.78 is 0. The summed E-state index contributed by atoms with van der Waals surface area (Å²) in [5.74, 6) is 0.597. The molecule has 134 valence electrons. The molecule has 1 fully saturated rings. The molecule has 1 amide bonds. The highest BCUT2D eigenvalue weighted by Crippen LogP contribution is 2.22. The number of halogens is 1. The maximum atomic E-state index is 12.2. The zero-order chi connectivity index (χ0) is 16.9. The van der Waals surface area contributed by atoms with E-state index in [1.54, 1.807) is 0 Å². The number of anilines is 2. The van der Waals surface area contributed by atoms with E-state index in [0.717, 1.165) is 24.5 Å². The van der Waals surface area contributed by atoms with Crippen molar-refractivity contribution in [2.75, 3.05) is 23.7 Å². The number of rotatable bonds is 6. The van der Waals surface area contributed by atoms with Crippen molar-refractivity contribution in [3.8, 4) is 0 Å². The first kappa shape index (κ1) is 19.3. The Kier molecular flexibility index (Phi) is 6.85. The van der Waals surface area contributed by atoms with Gasteiger partial charge in [0.25, 0.3) is 0 Å². The Morgan fingerprint density at radius 1 is 1.00 bits per heavy atom. The van der Waals surface area contributed by atoms with Gasteiger partial charge in [-0.05, 0) is 55.8 Å². The Bertz CT molecular complexity index is 671. The maximum Gasteiger partial charge on any atom is 0.227 e. The highest BCUT2D eigenvalue weighted by molar-refractivity contribution is 5.92.